The lowest BCUT2D eigenvalue weighted by molar-refractivity contribution is -0.120. The van der Waals surface area contributed by atoms with Crippen LogP contribution in [0, 0.1) is 0 Å². The van der Waals surface area contributed by atoms with Crippen LogP contribution in [0.3, 0.4) is 0 Å². The van der Waals surface area contributed by atoms with Crippen LogP contribution in [0.25, 0.3) is 0 Å². The number of benzene rings is 1. The van der Waals surface area contributed by atoms with Gasteiger partial charge in [-0.1, -0.05) is 49.5 Å². The van der Waals surface area contributed by atoms with Crippen molar-refractivity contribution in [3.63, 3.8) is 0 Å². The second-order valence-electron chi connectivity index (χ2n) is 3.92. The van der Waals surface area contributed by atoms with Crippen molar-refractivity contribution >= 4 is 34.1 Å². The molecule has 0 unspecified atom stereocenters. The Labute approximate surface area is 119 Å². The third-order valence-corrected chi connectivity index (χ3v) is 3.77. The van der Waals surface area contributed by atoms with Crippen LogP contribution in [0.1, 0.15) is 25.3 Å². The van der Waals surface area contributed by atoms with Gasteiger partial charge < -0.3 is 5.32 Å². The zero-order valence-electron chi connectivity index (χ0n) is 10.6. The van der Waals surface area contributed by atoms with Crippen molar-refractivity contribution in [1.82, 2.24) is 5.32 Å². The summed E-state index contributed by atoms with van der Waals surface area (Å²) in [6, 6.07) is 9.78. The largest absolute Gasteiger partial charge is 0.356 e. The molecule has 2 nitrogen and oxygen atoms in total. The van der Waals surface area contributed by atoms with Crippen molar-refractivity contribution in [3.8, 4) is 0 Å². The van der Waals surface area contributed by atoms with E-state index in [9.17, 15) is 4.79 Å². The van der Waals surface area contributed by atoms with E-state index in [-0.39, 0.29) is 5.91 Å². The lowest BCUT2D eigenvalue weighted by Crippen LogP contribution is -2.26. The highest BCUT2D eigenvalue weighted by atomic mass is 32.2. The van der Waals surface area contributed by atoms with Crippen LogP contribution >= 0.6 is 24.0 Å². The quantitative estimate of drug-likeness (QED) is 0.614. The van der Waals surface area contributed by atoms with E-state index in [0.29, 0.717) is 13.0 Å². The number of thiocarbonyl (C=S) groups is 1. The van der Waals surface area contributed by atoms with Crippen LogP contribution in [0.4, 0.5) is 0 Å². The Bertz CT molecular complexity index is 379. The second kappa shape index (κ2) is 9.11. The minimum Gasteiger partial charge on any atom is -0.356 e. The molecule has 1 aromatic carbocycles. The molecule has 0 atom stereocenters. The van der Waals surface area contributed by atoms with Gasteiger partial charge >= 0.3 is 0 Å². The number of hydrogen-bond acceptors (Lipinski definition) is 3. The topological polar surface area (TPSA) is 29.1 Å². The lowest BCUT2D eigenvalue weighted by atomic mass is 10.1. The van der Waals surface area contributed by atoms with Crippen molar-refractivity contribution in [2.45, 2.75) is 26.2 Å². The first kappa shape index (κ1) is 15.2. The Hall–Kier alpha value is -0.870. The molecule has 0 aromatic heterocycles. The smallest absolute Gasteiger partial charge is 0.224 e. The van der Waals surface area contributed by atoms with Gasteiger partial charge in [0, 0.05) is 10.7 Å². The summed E-state index contributed by atoms with van der Waals surface area (Å²) in [5, 5.41) is 2.92. The number of hydrogen-bond donors (Lipinski definition) is 1. The Morgan fingerprint density at radius 2 is 2.06 bits per heavy atom. The Morgan fingerprint density at radius 3 is 2.72 bits per heavy atom. The van der Waals surface area contributed by atoms with Crippen molar-refractivity contribution in [1.29, 1.82) is 0 Å². The Kier molecular flexibility index (Phi) is 7.69. The first-order valence-electron chi connectivity index (χ1n) is 6.18. The monoisotopic (exact) mass is 281 g/mol. The first-order valence-corrected chi connectivity index (χ1v) is 7.58. The summed E-state index contributed by atoms with van der Waals surface area (Å²) in [6.45, 7) is 2.80. The fraction of sp³-hybridized carbons (Fsp3) is 0.429. The third-order valence-electron chi connectivity index (χ3n) is 2.39. The molecule has 1 rings (SSSR count). The Morgan fingerprint density at radius 1 is 1.33 bits per heavy atom. The van der Waals surface area contributed by atoms with Gasteiger partial charge in [-0.15, -0.1) is 11.8 Å². The van der Waals surface area contributed by atoms with E-state index >= 15 is 0 Å². The highest BCUT2D eigenvalue weighted by Crippen LogP contribution is 2.08. The van der Waals surface area contributed by atoms with Crippen LogP contribution < -0.4 is 5.32 Å². The van der Waals surface area contributed by atoms with Crippen molar-refractivity contribution in [2.24, 2.45) is 0 Å². The lowest BCUT2D eigenvalue weighted by Gasteiger charge is -2.05. The number of amides is 1. The molecule has 0 aliphatic carbocycles. The van der Waals surface area contributed by atoms with E-state index in [1.165, 1.54) is 0 Å². The van der Waals surface area contributed by atoms with Crippen molar-refractivity contribution < 1.29 is 4.79 Å². The van der Waals surface area contributed by atoms with E-state index in [1.807, 2.05) is 30.3 Å². The molecule has 0 heterocycles. The number of nitrogens with one attached hydrogen (secondary N) is 1. The summed E-state index contributed by atoms with van der Waals surface area (Å²) in [4.78, 5) is 11.6. The van der Waals surface area contributed by atoms with Gasteiger partial charge in [0.05, 0.1) is 6.42 Å². The molecular weight excluding hydrogens is 262 g/mol. The predicted molar refractivity (Wildman–Crippen MR) is 83.1 cm³/mol. The van der Waals surface area contributed by atoms with E-state index in [2.05, 4.69) is 12.2 Å². The number of rotatable bonds is 7. The maximum Gasteiger partial charge on any atom is 0.224 e. The summed E-state index contributed by atoms with van der Waals surface area (Å²) < 4.78 is 1.04. The van der Waals surface area contributed by atoms with Crippen LogP contribution in [-0.4, -0.2) is 22.4 Å². The molecule has 1 aromatic rings. The highest BCUT2D eigenvalue weighted by molar-refractivity contribution is 8.23. The van der Waals surface area contributed by atoms with E-state index in [1.54, 1.807) is 11.8 Å². The van der Waals surface area contributed by atoms with Gasteiger partial charge in [-0.3, -0.25) is 4.79 Å². The van der Waals surface area contributed by atoms with E-state index in [4.69, 9.17) is 12.2 Å². The van der Waals surface area contributed by atoms with Crippen LogP contribution in [-0.2, 0) is 11.2 Å². The zero-order valence-corrected chi connectivity index (χ0v) is 12.3. The molecule has 0 spiro atoms. The molecular formula is C14H19NOS2. The standard InChI is InChI=1S/C14H19NOS2/c1-2-18-14(17)9-6-10-15-13(16)11-12-7-4-3-5-8-12/h3-5,7-8H,2,6,9-11H2,1H3,(H,15,16). The van der Waals surface area contributed by atoms with Gasteiger partial charge in [0.25, 0.3) is 0 Å². The minimum atomic E-state index is 0.0789. The molecule has 0 bridgehead atoms. The molecule has 0 fully saturated rings. The maximum atomic E-state index is 11.6. The molecule has 0 aliphatic rings. The average molecular weight is 281 g/mol. The van der Waals surface area contributed by atoms with Gasteiger partial charge in [0.1, 0.15) is 0 Å². The van der Waals surface area contributed by atoms with E-state index < -0.39 is 0 Å². The summed E-state index contributed by atoms with van der Waals surface area (Å²) >= 11 is 6.90. The average Bonchev–Trinajstić information content (AvgIpc) is 2.36. The van der Waals surface area contributed by atoms with Crippen molar-refractivity contribution in [2.75, 3.05) is 12.3 Å². The highest BCUT2D eigenvalue weighted by Gasteiger charge is 2.02. The molecule has 18 heavy (non-hydrogen) atoms. The van der Waals surface area contributed by atoms with Gasteiger partial charge in [-0.05, 0) is 24.2 Å². The molecule has 0 saturated heterocycles. The number of thioether (sulfide) groups is 1. The predicted octanol–water partition coefficient (Wildman–Crippen LogP) is 3.21. The number of carbonyl (C=O) groups is 1. The summed E-state index contributed by atoms with van der Waals surface area (Å²) in [5.74, 6) is 1.11. The van der Waals surface area contributed by atoms with Gasteiger partial charge in [-0.25, -0.2) is 0 Å². The normalized spacial score (nSPS) is 10.1. The van der Waals surface area contributed by atoms with Crippen LogP contribution in [0.15, 0.2) is 30.3 Å². The molecule has 4 heteroatoms. The second-order valence-corrected chi connectivity index (χ2v) is 6.03. The number of carbonyl (C=O) groups excluding carboxylic acids is 1. The fourth-order valence-corrected chi connectivity index (χ4v) is 2.65. The van der Waals surface area contributed by atoms with E-state index in [0.717, 1.165) is 28.4 Å². The van der Waals surface area contributed by atoms with Crippen molar-refractivity contribution in [3.05, 3.63) is 35.9 Å². The summed E-state index contributed by atoms with van der Waals surface area (Å²) in [6.07, 6.45) is 2.28. The van der Waals surface area contributed by atoms with Crippen LogP contribution in [0.5, 0.6) is 0 Å². The molecule has 98 valence electrons. The van der Waals surface area contributed by atoms with Crippen LogP contribution in [0.2, 0.25) is 0 Å². The molecule has 0 aliphatic heterocycles. The minimum absolute atomic E-state index is 0.0789. The van der Waals surface area contributed by atoms with Gasteiger partial charge in [-0.2, -0.15) is 0 Å². The SMILES string of the molecule is CCSC(=S)CCCNC(=O)Cc1ccccc1. The first-order chi connectivity index (χ1) is 8.72. The maximum absolute atomic E-state index is 11.6. The molecule has 1 amide bonds. The zero-order chi connectivity index (χ0) is 13.2. The summed E-state index contributed by atoms with van der Waals surface area (Å²) in [5.41, 5.74) is 1.05. The van der Waals surface area contributed by atoms with Gasteiger partial charge in [0.15, 0.2) is 0 Å². The fourth-order valence-electron chi connectivity index (χ4n) is 1.54. The Balaban J connectivity index is 2.12. The molecule has 1 N–H and O–H groups in total. The molecule has 0 radical (unpaired) electrons. The molecule has 0 saturated carbocycles. The third kappa shape index (κ3) is 6.77. The summed E-state index contributed by atoms with van der Waals surface area (Å²) in [7, 11) is 0. The van der Waals surface area contributed by atoms with Gasteiger partial charge in [0.2, 0.25) is 5.91 Å².